The van der Waals surface area contributed by atoms with Crippen molar-refractivity contribution >= 4 is 51.9 Å². The number of hydrogen-bond acceptors (Lipinski definition) is 3. The predicted molar refractivity (Wildman–Crippen MR) is 111 cm³/mol. The summed E-state index contributed by atoms with van der Waals surface area (Å²) in [6.07, 6.45) is 5.15. The van der Waals surface area contributed by atoms with E-state index in [0.29, 0.717) is 6.54 Å². The number of benzene rings is 1. The molecule has 0 amide bonds. The van der Waals surface area contributed by atoms with Gasteiger partial charge in [-0.25, -0.2) is 9.98 Å². The fourth-order valence-corrected chi connectivity index (χ4v) is 3.68. The van der Waals surface area contributed by atoms with Crippen LogP contribution in [0.25, 0.3) is 4.96 Å². The van der Waals surface area contributed by atoms with Crippen LogP contribution in [0.15, 0.2) is 47.0 Å². The minimum absolute atomic E-state index is 0. The molecule has 3 heterocycles. The molecule has 1 aromatic carbocycles. The molecule has 0 atom stereocenters. The van der Waals surface area contributed by atoms with Crippen LogP contribution < -0.4 is 10.2 Å². The lowest BCUT2D eigenvalue weighted by Gasteiger charge is -2.22. The number of aliphatic imine (C=N–C) groups is 1. The van der Waals surface area contributed by atoms with Crippen molar-refractivity contribution in [3.63, 3.8) is 0 Å². The first-order chi connectivity index (χ1) is 11.3. The zero-order valence-corrected chi connectivity index (χ0v) is 16.6. The fourth-order valence-electron chi connectivity index (χ4n) is 2.96. The molecule has 7 heteroatoms. The SMILES string of the molecule is CCNC(=NCc1cn2ccsc2n1)N1CCc2ccccc21.I. The monoisotopic (exact) mass is 453 g/mol. The molecular weight excluding hydrogens is 433 g/mol. The second-order valence-electron chi connectivity index (χ2n) is 5.53. The topological polar surface area (TPSA) is 44.9 Å². The zero-order chi connectivity index (χ0) is 15.6. The summed E-state index contributed by atoms with van der Waals surface area (Å²) in [5.74, 6) is 0.939. The minimum atomic E-state index is 0. The highest BCUT2D eigenvalue weighted by molar-refractivity contribution is 14.0. The molecule has 0 aliphatic carbocycles. The van der Waals surface area contributed by atoms with E-state index in [-0.39, 0.29) is 24.0 Å². The average molecular weight is 453 g/mol. The van der Waals surface area contributed by atoms with E-state index >= 15 is 0 Å². The predicted octanol–water partition coefficient (Wildman–Crippen LogP) is 3.54. The number of fused-ring (bicyclic) bond motifs is 2. The van der Waals surface area contributed by atoms with Gasteiger partial charge < -0.3 is 10.2 Å². The molecular formula is C17H20IN5S. The third-order valence-electron chi connectivity index (χ3n) is 4.01. The Labute approximate surface area is 162 Å². The maximum Gasteiger partial charge on any atom is 0.198 e. The molecule has 0 fully saturated rings. The first-order valence-electron chi connectivity index (χ1n) is 7.90. The maximum absolute atomic E-state index is 4.80. The molecule has 126 valence electrons. The van der Waals surface area contributed by atoms with Gasteiger partial charge in [0.25, 0.3) is 0 Å². The molecule has 3 aromatic rings. The number of guanidine groups is 1. The van der Waals surface area contributed by atoms with Crippen molar-refractivity contribution in [2.75, 3.05) is 18.0 Å². The van der Waals surface area contributed by atoms with Gasteiger partial charge in [0.05, 0.1) is 12.2 Å². The molecule has 0 spiro atoms. The normalized spacial score (nSPS) is 13.9. The van der Waals surface area contributed by atoms with Crippen LogP contribution in [0.2, 0.25) is 0 Å². The van der Waals surface area contributed by atoms with Gasteiger partial charge >= 0.3 is 0 Å². The number of aromatic nitrogens is 2. The number of nitrogens with zero attached hydrogens (tertiary/aromatic N) is 4. The summed E-state index contributed by atoms with van der Waals surface area (Å²) in [6.45, 7) is 4.53. The molecule has 1 aliphatic rings. The Bertz CT molecular complexity index is 825. The van der Waals surface area contributed by atoms with Crippen molar-refractivity contribution in [1.82, 2.24) is 14.7 Å². The van der Waals surface area contributed by atoms with Crippen molar-refractivity contribution in [3.05, 3.63) is 53.3 Å². The third kappa shape index (κ3) is 3.27. The van der Waals surface area contributed by atoms with E-state index in [1.165, 1.54) is 11.3 Å². The Morgan fingerprint density at radius 2 is 2.25 bits per heavy atom. The van der Waals surface area contributed by atoms with Crippen LogP contribution in [-0.2, 0) is 13.0 Å². The summed E-state index contributed by atoms with van der Waals surface area (Å²) >= 11 is 1.65. The summed E-state index contributed by atoms with van der Waals surface area (Å²) in [5.41, 5.74) is 3.65. The zero-order valence-electron chi connectivity index (χ0n) is 13.5. The van der Waals surface area contributed by atoms with Crippen LogP contribution in [0, 0.1) is 0 Å². The van der Waals surface area contributed by atoms with Crippen LogP contribution in [0.4, 0.5) is 5.69 Å². The molecule has 0 saturated heterocycles. The van der Waals surface area contributed by atoms with E-state index in [0.717, 1.165) is 36.1 Å². The van der Waals surface area contributed by atoms with Gasteiger partial charge in [0, 0.05) is 36.6 Å². The Kier molecular flexibility index (Phi) is 5.40. The number of nitrogens with one attached hydrogen (secondary N) is 1. The van der Waals surface area contributed by atoms with Crippen molar-refractivity contribution in [3.8, 4) is 0 Å². The summed E-state index contributed by atoms with van der Waals surface area (Å²) in [6, 6.07) is 8.55. The number of thiazole rings is 1. The largest absolute Gasteiger partial charge is 0.356 e. The van der Waals surface area contributed by atoms with Crippen molar-refractivity contribution in [2.24, 2.45) is 4.99 Å². The van der Waals surface area contributed by atoms with Gasteiger partial charge in [-0.2, -0.15) is 0 Å². The lowest BCUT2D eigenvalue weighted by Crippen LogP contribution is -2.40. The van der Waals surface area contributed by atoms with Crippen molar-refractivity contribution < 1.29 is 0 Å². The van der Waals surface area contributed by atoms with E-state index in [1.54, 1.807) is 11.3 Å². The van der Waals surface area contributed by atoms with Crippen molar-refractivity contribution in [2.45, 2.75) is 19.9 Å². The molecule has 5 nitrogen and oxygen atoms in total. The molecule has 0 bridgehead atoms. The number of rotatable bonds is 3. The Morgan fingerprint density at radius 1 is 1.38 bits per heavy atom. The molecule has 0 unspecified atom stereocenters. The van der Waals surface area contributed by atoms with Gasteiger partial charge in [-0.1, -0.05) is 18.2 Å². The number of anilines is 1. The van der Waals surface area contributed by atoms with Crippen LogP contribution in [0.5, 0.6) is 0 Å². The van der Waals surface area contributed by atoms with Crippen LogP contribution in [0.3, 0.4) is 0 Å². The number of hydrogen-bond donors (Lipinski definition) is 1. The number of halogens is 1. The minimum Gasteiger partial charge on any atom is -0.356 e. The Morgan fingerprint density at radius 3 is 3.08 bits per heavy atom. The van der Waals surface area contributed by atoms with Crippen LogP contribution >= 0.6 is 35.3 Å². The fraction of sp³-hybridized carbons (Fsp3) is 0.294. The van der Waals surface area contributed by atoms with E-state index in [1.807, 2.05) is 16.0 Å². The third-order valence-corrected chi connectivity index (χ3v) is 4.78. The van der Waals surface area contributed by atoms with E-state index in [4.69, 9.17) is 4.99 Å². The molecule has 24 heavy (non-hydrogen) atoms. The molecule has 2 aromatic heterocycles. The van der Waals surface area contributed by atoms with Crippen LogP contribution in [-0.4, -0.2) is 28.4 Å². The summed E-state index contributed by atoms with van der Waals surface area (Å²) in [7, 11) is 0. The quantitative estimate of drug-likeness (QED) is 0.375. The standard InChI is InChI=1S/C17H19N5S.HI/c1-2-18-16(22-8-7-13-5-3-4-6-15(13)22)19-11-14-12-21-9-10-23-17(21)20-14;/h3-6,9-10,12H,2,7-8,11H2,1H3,(H,18,19);1H. The average Bonchev–Trinajstić information content (AvgIpc) is 3.25. The van der Waals surface area contributed by atoms with Gasteiger partial charge in [0.15, 0.2) is 10.9 Å². The lowest BCUT2D eigenvalue weighted by molar-refractivity contribution is 0.876. The molecule has 1 N–H and O–H groups in total. The second-order valence-corrected chi connectivity index (χ2v) is 6.40. The van der Waals surface area contributed by atoms with Crippen molar-refractivity contribution in [1.29, 1.82) is 0 Å². The number of imidazole rings is 1. The summed E-state index contributed by atoms with van der Waals surface area (Å²) in [5, 5.41) is 5.45. The Balaban J connectivity index is 0.00000169. The first kappa shape index (κ1) is 17.2. The maximum atomic E-state index is 4.80. The number of para-hydroxylation sites is 1. The van der Waals surface area contributed by atoms with E-state index < -0.39 is 0 Å². The van der Waals surface area contributed by atoms with Gasteiger partial charge in [-0.3, -0.25) is 4.40 Å². The Hall–Kier alpha value is -1.61. The summed E-state index contributed by atoms with van der Waals surface area (Å²) in [4.78, 5) is 12.7. The van der Waals surface area contributed by atoms with Gasteiger partial charge in [0.1, 0.15) is 0 Å². The van der Waals surface area contributed by atoms with Gasteiger partial charge in [-0.05, 0) is 25.0 Å². The molecule has 0 radical (unpaired) electrons. The van der Waals surface area contributed by atoms with E-state index in [2.05, 4.69) is 52.6 Å². The molecule has 1 aliphatic heterocycles. The van der Waals surface area contributed by atoms with Gasteiger partial charge in [-0.15, -0.1) is 35.3 Å². The molecule has 4 rings (SSSR count). The summed E-state index contributed by atoms with van der Waals surface area (Å²) < 4.78 is 2.05. The van der Waals surface area contributed by atoms with Crippen LogP contribution in [0.1, 0.15) is 18.2 Å². The smallest absolute Gasteiger partial charge is 0.198 e. The highest BCUT2D eigenvalue weighted by atomic mass is 127. The first-order valence-corrected chi connectivity index (χ1v) is 8.78. The second kappa shape index (κ2) is 7.52. The van der Waals surface area contributed by atoms with E-state index in [9.17, 15) is 0 Å². The van der Waals surface area contributed by atoms with Gasteiger partial charge in [0.2, 0.25) is 0 Å². The lowest BCUT2D eigenvalue weighted by atomic mass is 10.2. The molecule has 0 saturated carbocycles. The highest BCUT2D eigenvalue weighted by Crippen LogP contribution is 2.27. The highest BCUT2D eigenvalue weighted by Gasteiger charge is 2.22.